The number of nitrogens with zero attached hydrogens (tertiary/aromatic N) is 3. The molecule has 0 amide bonds. The van der Waals surface area contributed by atoms with Crippen molar-refractivity contribution in [1.29, 1.82) is 5.26 Å². The highest BCUT2D eigenvalue weighted by Crippen LogP contribution is 2.39. The molecule has 2 aliphatic rings. The summed E-state index contributed by atoms with van der Waals surface area (Å²) in [5.74, 6) is -0.192. The zero-order valence-electron chi connectivity index (χ0n) is 18.4. The van der Waals surface area contributed by atoms with Crippen LogP contribution in [0.25, 0.3) is 16.5 Å². The summed E-state index contributed by atoms with van der Waals surface area (Å²) >= 11 is 3.45. The Morgan fingerprint density at radius 1 is 0.909 bits per heavy atom. The van der Waals surface area contributed by atoms with Crippen LogP contribution in [-0.2, 0) is 0 Å². The molecule has 0 spiro atoms. The van der Waals surface area contributed by atoms with Crippen molar-refractivity contribution in [3.63, 3.8) is 0 Å². The van der Waals surface area contributed by atoms with Gasteiger partial charge in [-0.2, -0.15) is 5.26 Å². The third-order valence-corrected chi connectivity index (χ3v) is 7.04. The number of para-hydroxylation sites is 1. The topological polar surface area (TPSA) is 59.4 Å². The van der Waals surface area contributed by atoms with E-state index in [0.29, 0.717) is 17.8 Å². The first kappa shape index (κ1) is 21.5. The molecule has 0 saturated carbocycles. The molecule has 33 heavy (non-hydrogen) atoms. The van der Waals surface area contributed by atoms with Gasteiger partial charge in [-0.05, 0) is 24.6 Å². The lowest BCUT2D eigenvalue weighted by molar-refractivity contribution is 0.104. The highest BCUT2D eigenvalue weighted by atomic mass is 79.9. The van der Waals surface area contributed by atoms with Crippen molar-refractivity contribution < 1.29 is 4.79 Å². The van der Waals surface area contributed by atoms with Crippen molar-refractivity contribution in [1.82, 2.24) is 5.32 Å². The summed E-state index contributed by atoms with van der Waals surface area (Å²) in [7, 11) is 0. The van der Waals surface area contributed by atoms with Gasteiger partial charge >= 0.3 is 0 Å². The number of hydrogen-bond acceptors (Lipinski definition) is 5. The minimum absolute atomic E-state index is 0.192. The molecule has 5 nitrogen and oxygen atoms in total. The van der Waals surface area contributed by atoms with Crippen LogP contribution in [0.4, 0.5) is 11.4 Å². The Balaban J connectivity index is 1.51. The number of hydrogen-bond donors (Lipinski definition) is 1. The molecule has 1 fully saturated rings. The molecular weight excluding hydrogens is 476 g/mol. The third kappa shape index (κ3) is 3.87. The first-order valence-electron chi connectivity index (χ1n) is 11.3. The third-order valence-electron chi connectivity index (χ3n) is 6.47. The summed E-state index contributed by atoms with van der Waals surface area (Å²) in [6.45, 7) is 4.42. The smallest absolute Gasteiger partial charge is 0.206 e. The molecule has 0 atom stereocenters. The molecule has 1 heterocycles. The molecule has 1 aliphatic carbocycles. The van der Waals surface area contributed by atoms with Crippen molar-refractivity contribution in [2.24, 2.45) is 0 Å². The van der Waals surface area contributed by atoms with E-state index >= 15 is 0 Å². The number of halogens is 1. The summed E-state index contributed by atoms with van der Waals surface area (Å²) in [6.07, 6.45) is 0.908. The van der Waals surface area contributed by atoms with E-state index in [1.54, 1.807) is 0 Å². The van der Waals surface area contributed by atoms with Crippen LogP contribution in [-0.4, -0.2) is 43.8 Å². The van der Waals surface area contributed by atoms with E-state index in [1.807, 2.05) is 18.2 Å². The molecule has 3 aromatic rings. The van der Waals surface area contributed by atoms with E-state index in [-0.39, 0.29) is 11.4 Å². The maximum atomic E-state index is 13.2. The second kappa shape index (κ2) is 9.29. The number of ketones is 1. The number of alkyl halides is 1. The Labute approximate surface area is 202 Å². The average molecular weight is 501 g/mol. The maximum Gasteiger partial charge on any atom is 0.206 e. The number of allylic oxidation sites excluding steroid dienone is 1. The summed E-state index contributed by atoms with van der Waals surface area (Å²) in [5.41, 5.74) is 4.83. The van der Waals surface area contributed by atoms with Crippen molar-refractivity contribution in [2.45, 2.75) is 6.42 Å². The number of carbonyl (C=O) groups is 1. The number of carbonyl (C=O) groups excluding carboxylic acids is 1. The van der Waals surface area contributed by atoms with Gasteiger partial charge in [0.2, 0.25) is 5.78 Å². The molecule has 1 aliphatic heterocycles. The van der Waals surface area contributed by atoms with E-state index in [0.717, 1.165) is 60.0 Å². The van der Waals surface area contributed by atoms with Crippen molar-refractivity contribution >= 4 is 49.6 Å². The molecule has 1 saturated heterocycles. The molecule has 0 unspecified atom stereocenters. The minimum atomic E-state index is -0.192. The van der Waals surface area contributed by atoms with Crippen LogP contribution >= 0.6 is 15.9 Å². The van der Waals surface area contributed by atoms with Crippen molar-refractivity contribution in [3.8, 4) is 6.07 Å². The molecule has 1 N–H and O–H groups in total. The van der Waals surface area contributed by atoms with Crippen LogP contribution in [0.3, 0.4) is 0 Å². The number of rotatable bonds is 6. The maximum absolute atomic E-state index is 13.2. The van der Waals surface area contributed by atoms with Crippen LogP contribution < -0.4 is 15.1 Å². The van der Waals surface area contributed by atoms with Crippen LogP contribution in [0, 0.1) is 11.3 Å². The van der Waals surface area contributed by atoms with Gasteiger partial charge in [-0.25, -0.2) is 0 Å². The largest absolute Gasteiger partial charge is 0.383 e. The standard InChI is InChI=1S/C27H25BrN4O/c28-12-5-13-30-26-21-10-11-24(20-8-4-9-22(25(20)21)27(33)23(26)18-29)32-16-14-31(15-17-32)19-6-2-1-3-7-19/h1-4,6-11,30H,5,12-17H2. The first-order valence-corrected chi connectivity index (χ1v) is 12.4. The number of anilines is 2. The number of Topliss-reactive ketones (excluding diaryl/α,β-unsaturated/α-hetero) is 1. The second-order valence-corrected chi connectivity index (χ2v) is 9.12. The molecule has 5 rings (SSSR count). The molecular formula is C27H25BrN4O. The molecule has 3 aromatic carbocycles. The number of nitriles is 1. The lowest BCUT2D eigenvalue weighted by Gasteiger charge is -2.38. The Kier molecular flexibility index (Phi) is 6.06. The van der Waals surface area contributed by atoms with E-state index in [9.17, 15) is 10.1 Å². The van der Waals surface area contributed by atoms with Crippen LogP contribution in [0.15, 0.2) is 66.2 Å². The zero-order chi connectivity index (χ0) is 22.8. The summed E-state index contributed by atoms with van der Waals surface area (Å²) in [6, 6.07) is 22.8. The lowest BCUT2D eigenvalue weighted by atomic mass is 9.85. The van der Waals surface area contributed by atoms with Gasteiger partial charge in [-0.3, -0.25) is 4.79 Å². The van der Waals surface area contributed by atoms with E-state index in [2.05, 4.69) is 79.6 Å². The van der Waals surface area contributed by atoms with Crippen LogP contribution in [0.1, 0.15) is 22.3 Å². The second-order valence-electron chi connectivity index (χ2n) is 8.33. The van der Waals surface area contributed by atoms with E-state index in [4.69, 9.17) is 0 Å². The van der Waals surface area contributed by atoms with Gasteiger partial charge in [0.25, 0.3) is 0 Å². The molecule has 6 heteroatoms. The SMILES string of the molecule is N#CC1=C(NCCCBr)c2ccc(N3CCN(c4ccccc4)CC3)c3cccc(c23)C1=O. The highest BCUT2D eigenvalue weighted by Gasteiger charge is 2.29. The first-order chi connectivity index (χ1) is 16.2. The molecule has 0 aromatic heterocycles. The number of piperazine rings is 1. The molecule has 166 valence electrons. The van der Waals surface area contributed by atoms with Gasteiger partial charge in [-0.15, -0.1) is 0 Å². The van der Waals surface area contributed by atoms with Gasteiger partial charge in [-0.1, -0.05) is 58.4 Å². The average Bonchev–Trinajstić information content (AvgIpc) is 2.87. The minimum Gasteiger partial charge on any atom is -0.383 e. The monoisotopic (exact) mass is 500 g/mol. The zero-order valence-corrected chi connectivity index (χ0v) is 19.9. The Morgan fingerprint density at radius 2 is 1.67 bits per heavy atom. The van der Waals surface area contributed by atoms with E-state index < -0.39 is 0 Å². The molecule has 0 bridgehead atoms. The predicted octanol–water partition coefficient (Wildman–Crippen LogP) is 4.97. The van der Waals surface area contributed by atoms with Gasteiger partial charge < -0.3 is 15.1 Å². The van der Waals surface area contributed by atoms with Crippen LogP contribution in [0.2, 0.25) is 0 Å². The summed E-state index contributed by atoms with van der Waals surface area (Å²) in [5, 5.41) is 16.0. The number of nitrogens with one attached hydrogen (secondary N) is 1. The Morgan fingerprint density at radius 3 is 2.39 bits per heavy atom. The summed E-state index contributed by atoms with van der Waals surface area (Å²) < 4.78 is 0. The highest BCUT2D eigenvalue weighted by molar-refractivity contribution is 9.09. The van der Waals surface area contributed by atoms with Crippen molar-refractivity contribution in [3.05, 3.63) is 77.4 Å². The Hall–Kier alpha value is -3.30. The van der Waals surface area contributed by atoms with Gasteiger partial charge in [0, 0.05) is 71.3 Å². The normalized spacial score (nSPS) is 15.7. The summed E-state index contributed by atoms with van der Waals surface area (Å²) in [4.78, 5) is 18.0. The fourth-order valence-corrected chi connectivity index (χ4v) is 5.14. The fraction of sp³-hybridized carbons (Fsp3) is 0.259. The van der Waals surface area contributed by atoms with Gasteiger partial charge in [0.1, 0.15) is 11.6 Å². The fourth-order valence-electron chi connectivity index (χ4n) is 4.86. The van der Waals surface area contributed by atoms with Crippen LogP contribution in [0.5, 0.6) is 0 Å². The van der Waals surface area contributed by atoms with Crippen molar-refractivity contribution in [2.75, 3.05) is 47.9 Å². The number of benzene rings is 3. The van der Waals surface area contributed by atoms with Gasteiger partial charge in [0.15, 0.2) is 0 Å². The Bertz CT molecular complexity index is 1270. The van der Waals surface area contributed by atoms with Gasteiger partial charge in [0.05, 0.1) is 5.70 Å². The molecule has 0 radical (unpaired) electrons. The quantitative estimate of drug-likeness (QED) is 0.382. The predicted molar refractivity (Wildman–Crippen MR) is 138 cm³/mol. The lowest BCUT2D eigenvalue weighted by Crippen LogP contribution is -2.46. The van der Waals surface area contributed by atoms with E-state index in [1.165, 1.54) is 5.69 Å².